The predicted molar refractivity (Wildman–Crippen MR) is 103 cm³/mol. The molecule has 0 spiro atoms. The third-order valence-corrected chi connectivity index (χ3v) is 5.41. The first-order valence-corrected chi connectivity index (χ1v) is 10.0. The molecule has 3 rings (SSSR count). The van der Waals surface area contributed by atoms with E-state index in [1.165, 1.54) is 19.3 Å². The lowest BCUT2D eigenvalue weighted by Crippen LogP contribution is -2.15. The summed E-state index contributed by atoms with van der Waals surface area (Å²) >= 11 is 1.01. The van der Waals surface area contributed by atoms with Crippen LogP contribution in [0.5, 0.6) is 0 Å². The van der Waals surface area contributed by atoms with Crippen molar-refractivity contribution in [2.24, 2.45) is 0 Å². The molecule has 0 saturated heterocycles. The molecular weight excluding hydrogens is 354 g/mol. The molecule has 0 atom stereocenters. The molecule has 6 heteroatoms. The number of rotatable bonds is 4. The normalized spacial score (nSPS) is 14.7. The van der Waals surface area contributed by atoms with Crippen molar-refractivity contribution in [3.63, 3.8) is 0 Å². The number of halogens is 2. The number of benzene rings is 1. The molecule has 2 aromatic rings. The van der Waals surface area contributed by atoms with Crippen molar-refractivity contribution in [2.45, 2.75) is 65.2 Å². The first kappa shape index (κ1) is 20.5. The van der Waals surface area contributed by atoms with Crippen LogP contribution in [-0.4, -0.2) is 10.9 Å². The van der Waals surface area contributed by atoms with Crippen molar-refractivity contribution >= 4 is 22.9 Å². The fourth-order valence-electron chi connectivity index (χ4n) is 3.31. The molecule has 1 amide bonds. The van der Waals surface area contributed by atoms with Crippen LogP contribution in [0.25, 0.3) is 0 Å². The van der Waals surface area contributed by atoms with Crippen LogP contribution in [0, 0.1) is 6.92 Å². The fourth-order valence-corrected chi connectivity index (χ4v) is 4.14. The van der Waals surface area contributed by atoms with Crippen LogP contribution in [0.3, 0.4) is 0 Å². The minimum atomic E-state index is -2.75. The van der Waals surface area contributed by atoms with Crippen molar-refractivity contribution < 1.29 is 13.6 Å². The highest BCUT2D eigenvalue weighted by Gasteiger charge is 2.25. The third-order valence-electron chi connectivity index (χ3n) is 4.43. The highest BCUT2D eigenvalue weighted by Crippen LogP contribution is 2.37. The van der Waals surface area contributed by atoms with Crippen molar-refractivity contribution in [2.75, 3.05) is 5.32 Å². The second kappa shape index (κ2) is 9.76. The van der Waals surface area contributed by atoms with Crippen LogP contribution in [0.1, 0.15) is 84.2 Å². The van der Waals surface area contributed by atoms with Gasteiger partial charge < -0.3 is 5.32 Å². The lowest BCUT2D eigenvalue weighted by Gasteiger charge is -2.24. The molecule has 1 N–H and O–H groups in total. The summed E-state index contributed by atoms with van der Waals surface area (Å²) in [6.45, 7) is 5.63. The molecule has 0 unspecified atom stereocenters. The van der Waals surface area contributed by atoms with E-state index < -0.39 is 18.0 Å². The Morgan fingerprint density at radius 2 is 1.85 bits per heavy atom. The molecule has 1 fully saturated rings. The zero-order valence-electron chi connectivity index (χ0n) is 15.5. The van der Waals surface area contributed by atoms with Crippen LogP contribution >= 0.6 is 11.3 Å². The molecule has 1 aliphatic rings. The summed E-state index contributed by atoms with van der Waals surface area (Å²) in [6, 6.07) is 7.68. The zero-order chi connectivity index (χ0) is 19.1. The van der Waals surface area contributed by atoms with Crippen molar-refractivity contribution in [3.05, 3.63) is 45.4 Å². The Hall–Kier alpha value is -1.82. The van der Waals surface area contributed by atoms with E-state index in [2.05, 4.69) is 10.3 Å². The Kier molecular flexibility index (Phi) is 7.69. The Bertz CT molecular complexity index is 724. The van der Waals surface area contributed by atoms with Crippen LogP contribution in [0.15, 0.2) is 24.3 Å². The number of nitrogens with one attached hydrogen (secondary N) is 1. The molecule has 1 heterocycles. The molecular formula is C20H26F2N2OS. The maximum absolute atomic E-state index is 13.1. The number of aromatic nitrogens is 1. The van der Waals surface area contributed by atoms with Gasteiger partial charge in [0.2, 0.25) is 0 Å². The Labute approximate surface area is 157 Å². The van der Waals surface area contributed by atoms with Gasteiger partial charge in [0, 0.05) is 5.69 Å². The van der Waals surface area contributed by atoms with Gasteiger partial charge >= 0.3 is 0 Å². The van der Waals surface area contributed by atoms with Crippen LogP contribution < -0.4 is 5.32 Å². The number of hydrogen-bond acceptors (Lipinski definition) is 3. The molecule has 1 aliphatic carbocycles. The van der Waals surface area contributed by atoms with E-state index in [1.54, 1.807) is 6.92 Å². The Morgan fingerprint density at radius 1 is 1.19 bits per heavy atom. The van der Waals surface area contributed by atoms with E-state index in [9.17, 15) is 13.6 Å². The molecule has 1 saturated carbocycles. The van der Waals surface area contributed by atoms with E-state index in [0.717, 1.165) is 35.4 Å². The number of para-hydroxylation sites is 1. The zero-order valence-corrected chi connectivity index (χ0v) is 16.3. The Morgan fingerprint density at radius 3 is 2.50 bits per heavy atom. The lowest BCUT2D eigenvalue weighted by molar-refractivity contribution is 0.101. The highest BCUT2D eigenvalue weighted by molar-refractivity contribution is 7.13. The summed E-state index contributed by atoms with van der Waals surface area (Å²) in [4.78, 5) is 16.3. The molecule has 1 aromatic carbocycles. The average molecular weight is 381 g/mol. The number of carbonyl (C=O) groups excluding carboxylic acids is 1. The summed E-state index contributed by atoms with van der Waals surface area (Å²) in [6.07, 6.45) is 3.10. The quantitative estimate of drug-likeness (QED) is 0.640. The summed E-state index contributed by atoms with van der Waals surface area (Å²) < 4.78 is 26.1. The van der Waals surface area contributed by atoms with Crippen molar-refractivity contribution in [3.8, 4) is 0 Å². The second-order valence-corrected chi connectivity index (χ2v) is 7.33. The van der Waals surface area contributed by atoms with E-state index >= 15 is 0 Å². The molecule has 1 aromatic heterocycles. The van der Waals surface area contributed by atoms with Gasteiger partial charge in [-0.25, -0.2) is 13.8 Å². The van der Waals surface area contributed by atoms with Gasteiger partial charge in [-0.3, -0.25) is 4.79 Å². The van der Waals surface area contributed by atoms with Crippen molar-refractivity contribution in [1.29, 1.82) is 0 Å². The molecule has 142 valence electrons. The third kappa shape index (κ3) is 4.87. The SMILES string of the molecule is CC.Cc1nc(C(F)F)c(C(=O)Nc2ccccc2C2CCCCC2)s1. The van der Waals surface area contributed by atoms with Crippen molar-refractivity contribution in [1.82, 2.24) is 4.98 Å². The van der Waals surface area contributed by atoms with E-state index in [0.29, 0.717) is 10.9 Å². The minimum Gasteiger partial charge on any atom is -0.321 e. The number of aryl methyl sites for hydroxylation is 1. The molecule has 0 bridgehead atoms. The van der Waals surface area contributed by atoms with Gasteiger partial charge in [-0.2, -0.15) is 0 Å². The van der Waals surface area contributed by atoms with E-state index in [4.69, 9.17) is 0 Å². The summed E-state index contributed by atoms with van der Waals surface area (Å²) in [5, 5.41) is 3.30. The summed E-state index contributed by atoms with van der Waals surface area (Å²) in [7, 11) is 0. The van der Waals surface area contributed by atoms with Gasteiger partial charge in [-0.1, -0.05) is 51.3 Å². The standard InChI is InChI=1S/C18H20F2N2OS.C2H6/c1-11-21-15(17(19)20)16(24-11)18(23)22-14-10-6-5-9-13(14)12-7-3-2-4-8-12;1-2/h5-6,9-10,12,17H,2-4,7-8H2,1H3,(H,22,23);1-2H3. The van der Waals surface area contributed by atoms with Crippen LogP contribution in [0.2, 0.25) is 0 Å². The largest absolute Gasteiger partial charge is 0.321 e. The molecule has 0 radical (unpaired) electrons. The monoisotopic (exact) mass is 380 g/mol. The maximum atomic E-state index is 13.1. The number of amides is 1. The van der Waals surface area contributed by atoms with Gasteiger partial charge in [0.15, 0.2) is 0 Å². The molecule has 0 aliphatic heterocycles. The number of nitrogens with zero attached hydrogens (tertiary/aromatic N) is 1. The number of carbonyl (C=O) groups is 1. The van der Waals surface area contributed by atoms with Crippen LogP contribution in [-0.2, 0) is 0 Å². The predicted octanol–water partition coefficient (Wildman–Crippen LogP) is 6.72. The van der Waals surface area contributed by atoms with E-state index in [1.807, 2.05) is 38.1 Å². The first-order chi connectivity index (χ1) is 12.6. The molecule has 26 heavy (non-hydrogen) atoms. The van der Waals surface area contributed by atoms with Crippen LogP contribution in [0.4, 0.5) is 14.5 Å². The highest BCUT2D eigenvalue weighted by atomic mass is 32.1. The smallest absolute Gasteiger partial charge is 0.282 e. The fraction of sp³-hybridized carbons (Fsp3) is 0.500. The average Bonchev–Trinajstić information content (AvgIpc) is 3.07. The Balaban J connectivity index is 0.00000117. The summed E-state index contributed by atoms with van der Waals surface area (Å²) in [5.74, 6) is -0.0767. The number of anilines is 1. The minimum absolute atomic E-state index is 0.000877. The molecule has 3 nitrogen and oxygen atoms in total. The topological polar surface area (TPSA) is 42.0 Å². The second-order valence-electron chi connectivity index (χ2n) is 6.12. The van der Waals surface area contributed by atoms with Gasteiger partial charge in [-0.15, -0.1) is 11.3 Å². The first-order valence-electron chi connectivity index (χ1n) is 9.22. The van der Waals surface area contributed by atoms with Gasteiger partial charge in [-0.05, 0) is 37.3 Å². The van der Waals surface area contributed by atoms with Gasteiger partial charge in [0.1, 0.15) is 10.6 Å². The van der Waals surface area contributed by atoms with E-state index in [-0.39, 0.29) is 4.88 Å². The lowest BCUT2D eigenvalue weighted by atomic mass is 9.83. The van der Waals surface area contributed by atoms with Gasteiger partial charge in [0.05, 0.1) is 5.01 Å². The number of hydrogen-bond donors (Lipinski definition) is 1. The summed E-state index contributed by atoms with van der Waals surface area (Å²) in [5.41, 5.74) is 1.40. The van der Waals surface area contributed by atoms with Gasteiger partial charge in [0.25, 0.3) is 12.3 Å². The number of alkyl halides is 2. The number of thiazole rings is 1. The maximum Gasteiger partial charge on any atom is 0.282 e.